The smallest absolute Gasteiger partial charge is 0.0354 e. The van der Waals surface area contributed by atoms with Crippen molar-refractivity contribution in [2.24, 2.45) is 10.8 Å². The summed E-state index contributed by atoms with van der Waals surface area (Å²) < 4.78 is 0. The Morgan fingerprint density at radius 1 is 0.833 bits per heavy atom. The Morgan fingerprint density at radius 2 is 0.917 bits per heavy atom. The van der Waals surface area contributed by atoms with Crippen molar-refractivity contribution < 1.29 is 0 Å². The maximum atomic E-state index is 2.30. The van der Waals surface area contributed by atoms with E-state index in [4.69, 9.17) is 0 Å². The third-order valence-electron chi connectivity index (χ3n) is 1.25. The lowest BCUT2D eigenvalue weighted by Crippen LogP contribution is -1.93. The third-order valence-corrected chi connectivity index (χ3v) is 1.25. The van der Waals surface area contributed by atoms with Gasteiger partial charge in [-0.1, -0.05) is 56.4 Å². The average Bonchev–Trinajstić information content (AvgIpc) is 2.11. The van der Waals surface area contributed by atoms with Crippen LogP contribution in [0.5, 0.6) is 0 Å². The molecule has 1 saturated carbocycles. The second kappa shape index (κ2) is 5.61. The Hall–Kier alpha value is 0. The molecule has 0 atom stereocenters. The van der Waals surface area contributed by atoms with Gasteiger partial charge in [0.1, 0.15) is 0 Å². The van der Waals surface area contributed by atoms with E-state index in [0.717, 1.165) is 5.41 Å². The maximum absolute atomic E-state index is 2.30. The van der Waals surface area contributed by atoms with Crippen LogP contribution >= 0.6 is 0 Å². The lowest BCUT2D eigenvalue weighted by Gasteiger charge is -2.05. The van der Waals surface area contributed by atoms with Gasteiger partial charge in [0, 0.05) is 0 Å². The molecule has 1 aliphatic rings. The molecule has 0 spiro atoms. The fourth-order valence-corrected chi connectivity index (χ4v) is 0.250. The fourth-order valence-electron chi connectivity index (χ4n) is 0.250. The molecule has 0 saturated heterocycles. The van der Waals surface area contributed by atoms with Crippen LogP contribution in [0, 0.1) is 10.8 Å². The van der Waals surface area contributed by atoms with Gasteiger partial charge in [-0.2, -0.15) is 0 Å². The summed E-state index contributed by atoms with van der Waals surface area (Å²) in [6.07, 6.45) is 2.90. The molecule has 0 nitrogen and oxygen atoms in total. The maximum Gasteiger partial charge on any atom is -0.0354 e. The quantitative estimate of drug-likeness (QED) is 0.477. The average molecular weight is 174 g/mol. The standard InChI is InChI=1S/C5H10.C5H12.2CH4/c1-5(2)3-4-5;1-5(2,3)4;;/h3-4H2,1-2H3;1-4H3;2*1H4. The molecule has 1 aliphatic carbocycles. The van der Waals surface area contributed by atoms with Crippen molar-refractivity contribution in [3.05, 3.63) is 0 Å². The van der Waals surface area contributed by atoms with E-state index in [1.54, 1.807) is 0 Å². The van der Waals surface area contributed by atoms with Crippen molar-refractivity contribution in [1.29, 1.82) is 0 Å². The van der Waals surface area contributed by atoms with Gasteiger partial charge in [0.25, 0.3) is 0 Å². The van der Waals surface area contributed by atoms with Crippen LogP contribution in [-0.4, -0.2) is 0 Å². The Kier molecular flexibility index (Phi) is 8.38. The van der Waals surface area contributed by atoms with Crippen LogP contribution in [0.2, 0.25) is 0 Å². The van der Waals surface area contributed by atoms with E-state index in [1.165, 1.54) is 12.8 Å². The summed E-state index contributed by atoms with van der Waals surface area (Å²) in [7, 11) is 0. The van der Waals surface area contributed by atoms with Crippen molar-refractivity contribution in [3.63, 3.8) is 0 Å². The van der Waals surface area contributed by atoms with Crippen LogP contribution in [-0.2, 0) is 0 Å². The van der Waals surface area contributed by atoms with Gasteiger partial charge in [-0.05, 0) is 23.7 Å². The van der Waals surface area contributed by atoms with E-state index in [-0.39, 0.29) is 14.9 Å². The minimum Gasteiger partial charge on any atom is -0.0776 e. The van der Waals surface area contributed by atoms with Crippen LogP contribution in [0.3, 0.4) is 0 Å². The topological polar surface area (TPSA) is 0 Å². The monoisotopic (exact) mass is 174 g/mol. The van der Waals surface area contributed by atoms with Gasteiger partial charge in [-0.25, -0.2) is 0 Å². The molecular formula is C12H30. The minimum absolute atomic E-state index is 0. The number of hydrogen-bond acceptors (Lipinski definition) is 0. The summed E-state index contributed by atoms with van der Waals surface area (Å²) >= 11 is 0. The molecular weight excluding hydrogens is 144 g/mol. The van der Waals surface area contributed by atoms with Gasteiger partial charge in [0.05, 0.1) is 0 Å². The summed E-state index contributed by atoms with van der Waals surface area (Å²) in [6.45, 7) is 13.3. The number of hydrogen-bond donors (Lipinski definition) is 0. The second-order valence-corrected chi connectivity index (χ2v) is 5.66. The van der Waals surface area contributed by atoms with Gasteiger partial charge in [0.15, 0.2) is 0 Å². The molecule has 0 heteroatoms. The minimum atomic E-state index is 0. The first-order valence-corrected chi connectivity index (χ1v) is 4.21. The first-order valence-electron chi connectivity index (χ1n) is 4.21. The third kappa shape index (κ3) is 32.4. The van der Waals surface area contributed by atoms with Crippen molar-refractivity contribution >= 4 is 0 Å². The highest BCUT2D eigenvalue weighted by Crippen LogP contribution is 2.43. The number of rotatable bonds is 0. The lowest BCUT2D eigenvalue weighted by molar-refractivity contribution is 0.469. The first-order chi connectivity index (χ1) is 4.21. The van der Waals surface area contributed by atoms with Crippen LogP contribution in [0.15, 0.2) is 0 Å². The molecule has 78 valence electrons. The van der Waals surface area contributed by atoms with Crippen molar-refractivity contribution in [1.82, 2.24) is 0 Å². The zero-order valence-corrected chi connectivity index (χ0v) is 8.41. The largest absolute Gasteiger partial charge is 0.0776 e. The molecule has 0 amide bonds. The molecule has 0 aliphatic heterocycles. The second-order valence-electron chi connectivity index (χ2n) is 5.66. The van der Waals surface area contributed by atoms with Gasteiger partial charge in [-0.3, -0.25) is 0 Å². The highest BCUT2D eigenvalue weighted by molar-refractivity contribution is 4.82. The predicted molar refractivity (Wildman–Crippen MR) is 61.6 cm³/mol. The summed E-state index contributed by atoms with van der Waals surface area (Å²) in [5.41, 5.74) is 1.25. The molecule has 0 aromatic rings. The van der Waals surface area contributed by atoms with Gasteiger partial charge < -0.3 is 0 Å². The van der Waals surface area contributed by atoms with Crippen LogP contribution in [0.1, 0.15) is 69.2 Å². The summed E-state index contributed by atoms with van der Waals surface area (Å²) in [6, 6.07) is 0. The van der Waals surface area contributed by atoms with Gasteiger partial charge >= 0.3 is 0 Å². The highest BCUT2D eigenvalue weighted by Gasteiger charge is 2.30. The summed E-state index contributed by atoms with van der Waals surface area (Å²) in [4.78, 5) is 0. The Morgan fingerprint density at radius 3 is 0.917 bits per heavy atom. The normalized spacial score (nSPS) is 17.5. The van der Waals surface area contributed by atoms with E-state index in [1.807, 2.05) is 0 Å². The Labute approximate surface area is 80.8 Å². The zero-order valence-electron chi connectivity index (χ0n) is 8.41. The molecule has 0 aromatic carbocycles. The Balaban J connectivity index is -0.000000116. The van der Waals surface area contributed by atoms with E-state index in [0.29, 0.717) is 5.41 Å². The van der Waals surface area contributed by atoms with Gasteiger partial charge in [0.2, 0.25) is 0 Å². The van der Waals surface area contributed by atoms with Gasteiger partial charge in [-0.15, -0.1) is 0 Å². The lowest BCUT2D eigenvalue weighted by atomic mass is 10.0. The SMILES string of the molecule is C.C.CC(C)(C)C.CC1(C)CC1. The van der Waals surface area contributed by atoms with E-state index >= 15 is 0 Å². The van der Waals surface area contributed by atoms with E-state index < -0.39 is 0 Å². The molecule has 1 rings (SSSR count). The molecule has 1 fully saturated rings. The first kappa shape index (κ1) is 17.9. The Bertz CT molecular complexity index is 77.0. The predicted octanol–water partition coefficient (Wildman–Crippen LogP) is 5.13. The van der Waals surface area contributed by atoms with Crippen LogP contribution in [0.4, 0.5) is 0 Å². The molecule has 0 bridgehead atoms. The summed E-state index contributed by atoms with van der Waals surface area (Å²) in [5.74, 6) is 0. The molecule has 0 unspecified atom stereocenters. The molecule has 0 radical (unpaired) electrons. The molecule has 0 aromatic heterocycles. The van der Waals surface area contributed by atoms with Crippen LogP contribution in [0.25, 0.3) is 0 Å². The molecule has 0 heterocycles. The summed E-state index contributed by atoms with van der Waals surface area (Å²) in [5, 5.41) is 0. The van der Waals surface area contributed by atoms with E-state index in [2.05, 4.69) is 41.5 Å². The van der Waals surface area contributed by atoms with E-state index in [9.17, 15) is 0 Å². The fraction of sp³-hybridized carbons (Fsp3) is 1.00. The highest BCUT2D eigenvalue weighted by atomic mass is 14.4. The van der Waals surface area contributed by atoms with Crippen LogP contribution < -0.4 is 0 Å². The van der Waals surface area contributed by atoms with Crippen molar-refractivity contribution in [2.75, 3.05) is 0 Å². The van der Waals surface area contributed by atoms with Crippen molar-refractivity contribution in [3.8, 4) is 0 Å². The molecule has 0 N–H and O–H groups in total. The van der Waals surface area contributed by atoms with Crippen molar-refractivity contribution in [2.45, 2.75) is 69.2 Å². The zero-order chi connectivity index (χ0) is 8.41. The molecule has 12 heavy (non-hydrogen) atoms.